The summed E-state index contributed by atoms with van der Waals surface area (Å²) in [5, 5.41) is 0. The van der Waals surface area contributed by atoms with Gasteiger partial charge in [-0.2, -0.15) is 0 Å². The summed E-state index contributed by atoms with van der Waals surface area (Å²) in [6.45, 7) is 3.56. The number of piperidine rings is 1. The third-order valence-corrected chi connectivity index (χ3v) is 4.54. The average Bonchev–Trinajstić information content (AvgIpc) is 3.09. The molecule has 2 aromatic rings. The van der Waals surface area contributed by atoms with Gasteiger partial charge in [-0.15, -0.1) is 0 Å². The highest BCUT2D eigenvalue weighted by molar-refractivity contribution is 5.95. The van der Waals surface area contributed by atoms with E-state index in [-0.39, 0.29) is 18.6 Å². The van der Waals surface area contributed by atoms with Gasteiger partial charge in [-0.25, -0.2) is 9.97 Å². The van der Waals surface area contributed by atoms with Gasteiger partial charge in [-0.05, 0) is 44.0 Å². The van der Waals surface area contributed by atoms with E-state index >= 15 is 0 Å². The minimum atomic E-state index is 0.0313. The van der Waals surface area contributed by atoms with Crippen molar-refractivity contribution in [3.05, 3.63) is 47.5 Å². The predicted octanol–water partition coefficient (Wildman–Crippen LogP) is 2.53. The summed E-state index contributed by atoms with van der Waals surface area (Å²) < 4.78 is 10.7. The van der Waals surface area contributed by atoms with Crippen molar-refractivity contribution in [1.29, 1.82) is 0 Å². The standard InChI is InChI=1S/C18H19N3O3/c1-12-19-7-6-15(20-12)14-3-2-8-21(10-14)18(22)13-4-5-16-17(9-13)24-11-23-16/h4-7,9,14H,2-3,8,10-11H2,1H3/t14-/m0/s1. The summed E-state index contributed by atoms with van der Waals surface area (Å²) in [5.41, 5.74) is 1.66. The first kappa shape index (κ1) is 14.9. The zero-order valence-corrected chi connectivity index (χ0v) is 13.6. The maximum atomic E-state index is 12.8. The molecule has 0 aliphatic carbocycles. The van der Waals surface area contributed by atoms with Crippen LogP contribution in [0.3, 0.4) is 0 Å². The molecule has 1 atom stereocenters. The quantitative estimate of drug-likeness (QED) is 0.849. The second-order valence-electron chi connectivity index (χ2n) is 6.19. The van der Waals surface area contributed by atoms with Gasteiger partial charge in [0.2, 0.25) is 6.79 Å². The molecule has 0 unspecified atom stereocenters. The lowest BCUT2D eigenvalue weighted by Crippen LogP contribution is -2.39. The number of carbonyl (C=O) groups excluding carboxylic acids is 1. The number of carbonyl (C=O) groups is 1. The molecule has 24 heavy (non-hydrogen) atoms. The Morgan fingerprint density at radius 1 is 1.25 bits per heavy atom. The third kappa shape index (κ3) is 2.79. The van der Waals surface area contributed by atoms with Crippen molar-refractivity contribution in [3.8, 4) is 11.5 Å². The molecule has 1 aromatic carbocycles. The number of ether oxygens (including phenoxy) is 2. The van der Waals surface area contributed by atoms with Crippen LogP contribution < -0.4 is 9.47 Å². The Morgan fingerprint density at radius 2 is 2.12 bits per heavy atom. The topological polar surface area (TPSA) is 64.6 Å². The number of hydrogen-bond acceptors (Lipinski definition) is 5. The van der Waals surface area contributed by atoms with Gasteiger partial charge in [-0.1, -0.05) is 0 Å². The molecule has 124 valence electrons. The fourth-order valence-electron chi connectivity index (χ4n) is 3.32. The third-order valence-electron chi connectivity index (χ3n) is 4.54. The lowest BCUT2D eigenvalue weighted by atomic mass is 9.94. The molecule has 0 bridgehead atoms. The number of aryl methyl sites for hydroxylation is 1. The minimum absolute atomic E-state index is 0.0313. The molecule has 0 N–H and O–H groups in total. The Kier molecular flexibility index (Phi) is 3.80. The molecule has 0 saturated carbocycles. The number of likely N-dealkylation sites (tertiary alicyclic amines) is 1. The summed E-state index contributed by atoms with van der Waals surface area (Å²) in [7, 11) is 0. The maximum Gasteiger partial charge on any atom is 0.254 e. The van der Waals surface area contributed by atoms with Crippen LogP contribution in [0.1, 0.15) is 40.6 Å². The molecular formula is C18H19N3O3. The van der Waals surface area contributed by atoms with E-state index in [2.05, 4.69) is 9.97 Å². The first-order valence-corrected chi connectivity index (χ1v) is 8.19. The van der Waals surface area contributed by atoms with E-state index in [1.54, 1.807) is 24.4 Å². The normalized spacial score (nSPS) is 19.4. The van der Waals surface area contributed by atoms with Crippen LogP contribution in [-0.2, 0) is 0 Å². The fourth-order valence-corrected chi connectivity index (χ4v) is 3.32. The number of hydrogen-bond donors (Lipinski definition) is 0. The van der Waals surface area contributed by atoms with Gasteiger partial charge in [0.25, 0.3) is 5.91 Å². The van der Waals surface area contributed by atoms with Crippen LogP contribution in [0.2, 0.25) is 0 Å². The van der Waals surface area contributed by atoms with Crippen LogP contribution in [0.25, 0.3) is 0 Å². The Hall–Kier alpha value is -2.63. The lowest BCUT2D eigenvalue weighted by molar-refractivity contribution is 0.0705. The molecule has 6 heteroatoms. The fraction of sp³-hybridized carbons (Fsp3) is 0.389. The molecule has 1 saturated heterocycles. The molecule has 0 spiro atoms. The highest BCUT2D eigenvalue weighted by Crippen LogP contribution is 2.33. The van der Waals surface area contributed by atoms with E-state index in [1.165, 1.54) is 0 Å². The molecule has 1 aromatic heterocycles. The Bertz CT molecular complexity index is 778. The van der Waals surface area contributed by atoms with Crippen molar-refractivity contribution in [1.82, 2.24) is 14.9 Å². The zero-order chi connectivity index (χ0) is 16.5. The zero-order valence-electron chi connectivity index (χ0n) is 13.6. The number of benzene rings is 1. The second kappa shape index (κ2) is 6.11. The smallest absolute Gasteiger partial charge is 0.254 e. The van der Waals surface area contributed by atoms with Crippen LogP contribution in [0.15, 0.2) is 30.5 Å². The van der Waals surface area contributed by atoms with Crippen molar-refractivity contribution in [2.45, 2.75) is 25.7 Å². The molecular weight excluding hydrogens is 306 g/mol. The largest absolute Gasteiger partial charge is 0.454 e. The van der Waals surface area contributed by atoms with Gasteiger partial charge < -0.3 is 14.4 Å². The van der Waals surface area contributed by atoms with Gasteiger partial charge in [0.05, 0.1) is 0 Å². The van der Waals surface area contributed by atoms with E-state index in [0.717, 1.165) is 30.9 Å². The number of aromatic nitrogens is 2. The van der Waals surface area contributed by atoms with Gasteiger partial charge in [0.1, 0.15) is 5.82 Å². The Balaban J connectivity index is 1.52. The van der Waals surface area contributed by atoms with E-state index in [0.29, 0.717) is 23.6 Å². The van der Waals surface area contributed by atoms with E-state index in [1.807, 2.05) is 17.9 Å². The van der Waals surface area contributed by atoms with Gasteiger partial charge in [-0.3, -0.25) is 4.79 Å². The summed E-state index contributed by atoms with van der Waals surface area (Å²) in [6.07, 6.45) is 3.81. The van der Waals surface area contributed by atoms with Crippen LogP contribution in [-0.4, -0.2) is 40.7 Å². The van der Waals surface area contributed by atoms with E-state index < -0.39 is 0 Å². The average molecular weight is 325 g/mol. The number of rotatable bonds is 2. The van der Waals surface area contributed by atoms with Crippen LogP contribution >= 0.6 is 0 Å². The monoisotopic (exact) mass is 325 g/mol. The van der Waals surface area contributed by atoms with Crippen molar-refractivity contribution in [3.63, 3.8) is 0 Å². The SMILES string of the molecule is Cc1nccc([C@H]2CCCN(C(=O)c3ccc4c(c3)OCO4)C2)n1. The second-order valence-corrected chi connectivity index (χ2v) is 6.19. The number of amides is 1. The van der Waals surface area contributed by atoms with E-state index in [4.69, 9.17) is 9.47 Å². The summed E-state index contributed by atoms with van der Waals surface area (Å²) in [5.74, 6) is 2.40. The predicted molar refractivity (Wildman–Crippen MR) is 87.2 cm³/mol. The molecule has 0 radical (unpaired) electrons. The number of nitrogens with zero attached hydrogens (tertiary/aromatic N) is 3. The molecule has 6 nitrogen and oxygen atoms in total. The Morgan fingerprint density at radius 3 is 3.00 bits per heavy atom. The molecule has 2 aliphatic rings. The summed E-state index contributed by atoms with van der Waals surface area (Å²) >= 11 is 0. The van der Waals surface area contributed by atoms with E-state index in [9.17, 15) is 4.79 Å². The first-order valence-electron chi connectivity index (χ1n) is 8.19. The Labute approximate surface area is 140 Å². The number of fused-ring (bicyclic) bond motifs is 1. The summed E-state index contributed by atoms with van der Waals surface area (Å²) in [6, 6.07) is 7.31. The highest BCUT2D eigenvalue weighted by Gasteiger charge is 2.27. The first-order chi connectivity index (χ1) is 11.7. The molecule has 3 heterocycles. The van der Waals surface area contributed by atoms with Gasteiger partial charge in [0, 0.05) is 36.5 Å². The van der Waals surface area contributed by atoms with Gasteiger partial charge in [0.15, 0.2) is 11.5 Å². The summed E-state index contributed by atoms with van der Waals surface area (Å²) in [4.78, 5) is 23.4. The molecule has 2 aliphatic heterocycles. The van der Waals surface area contributed by atoms with Crippen LogP contribution in [0, 0.1) is 6.92 Å². The maximum absolute atomic E-state index is 12.8. The highest BCUT2D eigenvalue weighted by atomic mass is 16.7. The van der Waals surface area contributed by atoms with Crippen LogP contribution in [0.5, 0.6) is 11.5 Å². The van der Waals surface area contributed by atoms with Crippen molar-refractivity contribution in [2.24, 2.45) is 0 Å². The van der Waals surface area contributed by atoms with Crippen molar-refractivity contribution in [2.75, 3.05) is 19.9 Å². The minimum Gasteiger partial charge on any atom is -0.454 e. The lowest BCUT2D eigenvalue weighted by Gasteiger charge is -2.32. The van der Waals surface area contributed by atoms with Crippen molar-refractivity contribution >= 4 is 5.91 Å². The molecule has 4 rings (SSSR count). The van der Waals surface area contributed by atoms with Crippen molar-refractivity contribution < 1.29 is 14.3 Å². The van der Waals surface area contributed by atoms with Gasteiger partial charge >= 0.3 is 0 Å². The molecule has 1 fully saturated rings. The molecule has 1 amide bonds. The van der Waals surface area contributed by atoms with Crippen LogP contribution in [0.4, 0.5) is 0 Å².